The Morgan fingerprint density at radius 3 is 1.80 bits per heavy atom. The van der Waals surface area contributed by atoms with Crippen molar-refractivity contribution in [2.24, 2.45) is 0 Å². The van der Waals surface area contributed by atoms with Crippen molar-refractivity contribution in [3.05, 3.63) is 12.1 Å². The highest BCUT2D eigenvalue weighted by Crippen LogP contribution is 2.39. The number of carbonyl (C=O) groups is 1. The second kappa shape index (κ2) is 16.8. The van der Waals surface area contributed by atoms with Crippen molar-refractivity contribution in [2.45, 2.75) is 97.8 Å². The van der Waals surface area contributed by atoms with Gasteiger partial charge in [0.25, 0.3) is 0 Å². The van der Waals surface area contributed by atoms with Gasteiger partial charge in [0.1, 0.15) is 22.9 Å². The molecule has 1 N–H and O–H groups in total. The van der Waals surface area contributed by atoms with E-state index in [1.165, 1.54) is 64.7 Å². The maximum absolute atomic E-state index is 11.7. The molecule has 0 saturated carbocycles. The zero-order valence-electron chi connectivity index (χ0n) is 19.7. The molecule has 0 aliphatic rings. The zero-order valence-corrected chi connectivity index (χ0v) is 19.7. The molecule has 30 heavy (non-hydrogen) atoms. The third kappa shape index (κ3) is 11.3. The molecule has 5 heteroatoms. The Hall–Kier alpha value is -1.91. The average Bonchev–Trinajstić information content (AvgIpc) is 2.73. The highest BCUT2D eigenvalue weighted by atomic mass is 16.5. The molecule has 0 aliphatic heterocycles. The van der Waals surface area contributed by atoms with Crippen molar-refractivity contribution in [3.8, 4) is 17.2 Å². The molecule has 0 spiro atoms. The summed E-state index contributed by atoms with van der Waals surface area (Å²) in [5.74, 6) is 1.73. The zero-order chi connectivity index (χ0) is 22.0. The number of nitrogens with one attached hydrogen (secondary N) is 1. The van der Waals surface area contributed by atoms with Crippen LogP contribution in [0.4, 0.5) is 5.69 Å². The number of benzene rings is 1. The van der Waals surface area contributed by atoms with Crippen LogP contribution in [-0.4, -0.2) is 26.2 Å². The molecule has 172 valence electrons. The van der Waals surface area contributed by atoms with Gasteiger partial charge in [-0.2, -0.15) is 0 Å². The van der Waals surface area contributed by atoms with Crippen LogP contribution in [0.1, 0.15) is 97.8 Å². The van der Waals surface area contributed by atoms with Gasteiger partial charge in [-0.05, 0) is 12.8 Å². The van der Waals surface area contributed by atoms with E-state index in [1.54, 1.807) is 7.11 Å². The smallest absolute Gasteiger partial charge is 0.221 e. The van der Waals surface area contributed by atoms with Gasteiger partial charge in [-0.25, -0.2) is 0 Å². The fourth-order valence-corrected chi connectivity index (χ4v) is 3.36. The second-order valence-electron chi connectivity index (χ2n) is 7.91. The van der Waals surface area contributed by atoms with Crippen LogP contribution in [-0.2, 0) is 4.79 Å². The second-order valence-corrected chi connectivity index (χ2v) is 7.91. The summed E-state index contributed by atoms with van der Waals surface area (Å²) in [6.45, 7) is 7.23. The van der Waals surface area contributed by atoms with E-state index in [2.05, 4.69) is 19.2 Å². The van der Waals surface area contributed by atoms with Crippen molar-refractivity contribution < 1.29 is 19.0 Å². The third-order valence-electron chi connectivity index (χ3n) is 5.08. The Morgan fingerprint density at radius 2 is 1.27 bits per heavy atom. The molecule has 0 aromatic heterocycles. The largest absolute Gasteiger partial charge is 0.494 e. The molecule has 0 aliphatic carbocycles. The van der Waals surface area contributed by atoms with Crippen molar-refractivity contribution in [1.82, 2.24) is 0 Å². The Kier molecular flexibility index (Phi) is 14.7. The number of rotatable bonds is 18. The summed E-state index contributed by atoms with van der Waals surface area (Å²) in [6.07, 6.45) is 14.6. The molecule has 1 amide bonds. The monoisotopic (exact) mass is 421 g/mol. The first-order valence-corrected chi connectivity index (χ1v) is 11.9. The summed E-state index contributed by atoms with van der Waals surface area (Å²) >= 11 is 0. The number of anilines is 1. The lowest BCUT2D eigenvalue weighted by molar-refractivity contribution is -0.114. The van der Waals surface area contributed by atoms with Crippen molar-refractivity contribution >= 4 is 11.6 Å². The molecular weight excluding hydrogens is 378 g/mol. The normalized spacial score (nSPS) is 10.7. The molecule has 0 unspecified atom stereocenters. The molecule has 0 atom stereocenters. The van der Waals surface area contributed by atoms with Crippen molar-refractivity contribution in [2.75, 3.05) is 25.6 Å². The molecule has 0 radical (unpaired) electrons. The minimum atomic E-state index is -0.154. The maximum atomic E-state index is 11.7. The average molecular weight is 422 g/mol. The minimum absolute atomic E-state index is 0.154. The van der Waals surface area contributed by atoms with Crippen LogP contribution in [0.25, 0.3) is 0 Å². The molecule has 0 heterocycles. The van der Waals surface area contributed by atoms with Gasteiger partial charge in [-0.15, -0.1) is 0 Å². The number of ether oxygens (including phenoxy) is 3. The molecule has 0 fully saturated rings. The fourth-order valence-electron chi connectivity index (χ4n) is 3.36. The van der Waals surface area contributed by atoms with E-state index in [0.29, 0.717) is 36.1 Å². The molecule has 0 saturated heterocycles. The summed E-state index contributed by atoms with van der Waals surface area (Å²) in [5.41, 5.74) is 0.572. The third-order valence-corrected chi connectivity index (χ3v) is 5.08. The topological polar surface area (TPSA) is 56.8 Å². The lowest BCUT2D eigenvalue weighted by atomic mass is 10.1. The fraction of sp³-hybridized carbons (Fsp3) is 0.720. The summed E-state index contributed by atoms with van der Waals surface area (Å²) in [4.78, 5) is 11.7. The van der Waals surface area contributed by atoms with Crippen LogP contribution < -0.4 is 19.5 Å². The lowest BCUT2D eigenvalue weighted by Gasteiger charge is -2.17. The molecule has 5 nitrogen and oxygen atoms in total. The Labute approximate surface area is 183 Å². The SMILES string of the molecule is CCCCCCCCOc1cc(OC)c(NC(C)=O)c(OCCCCCCCC)c1. The number of carbonyl (C=O) groups excluding carboxylic acids is 1. The van der Waals surface area contributed by atoms with Crippen LogP contribution in [0.15, 0.2) is 12.1 Å². The quantitative estimate of drug-likeness (QED) is 0.256. The number of methoxy groups -OCH3 is 1. The summed E-state index contributed by atoms with van der Waals surface area (Å²) in [5, 5.41) is 2.84. The number of hydrogen-bond donors (Lipinski definition) is 1. The van der Waals surface area contributed by atoms with Gasteiger partial charge >= 0.3 is 0 Å². The first-order chi connectivity index (χ1) is 14.6. The van der Waals surface area contributed by atoms with E-state index >= 15 is 0 Å². The molecule has 1 aromatic rings. The van der Waals surface area contributed by atoms with Crippen LogP contribution in [0.5, 0.6) is 17.2 Å². The first kappa shape index (κ1) is 26.1. The number of amides is 1. The van der Waals surface area contributed by atoms with E-state index in [-0.39, 0.29) is 5.91 Å². The Balaban J connectivity index is 2.64. The van der Waals surface area contributed by atoms with Gasteiger partial charge in [0.05, 0.1) is 20.3 Å². The summed E-state index contributed by atoms with van der Waals surface area (Å²) < 4.78 is 17.5. The van der Waals surface area contributed by atoms with Crippen molar-refractivity contribution in [1.29, 1.82) is 0 Å². The Morgan fingerprint density at radius 1 is 0.767 bits per heavy atom. The summed E-state index contributed by atoms with van der Waals surface area (Å²) in [6, 6.07) is 3.68. The minimum Gasteiger partial charge on any atom is -0.494 e. The van der Waals surface area contributed by atoms with E-state index in [1.807, 2.05) is 12.1 Å². The standard InChI is InChI=1S/C25H43NO4/c1-5-7-9-11-13-15-17-29-22-19-23(28-4)25(26-21(3)27)24(20-22)30-18-16-14-12-10-8-6-2/h19-20H,5-18H2,1-4H3,(H,26,27). The van der Waals surface area contributed by atoms with Crippen molar-refractivity contribution in [3.63, 3.8) is 0 Å². The van der Waals surface area contributed by atoms with Gasteiger partial charge in [-0.3, -0.25) is 4.79 Å². The molecule has 0 bridgehead atoms. The van der Waals surface area contributed by atoms with Gasteiger partial charge in [-0.1, -0.05) is 78.1 Å². The van der Waals surface area contributed by atoms with Crippen LogP contribution in [0.2, 0.25) is 0 Å². The number of unbranched alkanes of at least 4 members (excludes halogenated alkanes) is 10. The van der Waals surface area contributed by atoms with Gasteiger partial charge in [0, 0.05) is 19.1 Å². The van der Waals surface area contributed by atoms with E-state index in [0.717, 1.165) is 19.3 Å². The molecule has 1 aromatic carbocycles. The summed E-state index contributed by atoms with van der Waals surface area (Å²) in [7, 11) is 1.59. The maximum Gasteiger partial charge on any atom is 0.221 e. The molecular formula is C25H43NO4. The lowest BCUT2D eigenvalue weighted by Crippen LogP contribution is -2.10. The van der Waals surface area contributed by atoms with Crippen LogP contribution >= 0.6 is 0 Å². The first-order valence-electron chi connectivity index (χ1n) is 11.9. The predicted molar refractivity (Wildman–Crippen MR) is 125 cm³/mol. The highest BCUT2D eigenvalue weighted by Gasteiger charge is 2.15. The van der Waals surface area contributed by atoms with Gasteiger partial charge in [0.2, 0.25) is 5.91 Å². The predicted octanol–water partition coefficient (Wildman–Crippen LogP) is 7.13. The van der Waals surface area contributed by atoms with Gasteiger partial charge < -0.3 is 19.5 Å². The highest BCUT2D eigenvalue weighted by molar-refractivity contribution is 5.92. The Bertz CT molecular complexity index is 589. The van der Waals surface area contributed by atoms with E-state index < -0.39 is 0 Å². The number of hydrogen-bond acceptors (Lipinski definition) is 4. The van der Waals surface area contributed by atoms with E-state index in [4.69, 9.17) is 14.2 Å². The molecule has 1 rings (SSSR count). The van der Waals surface area contributed by atoms with Gasteiger partial charge in [0.15, 0.2) is 0 Å². The van der Waals surface area contributed by atoms with E-state index in [9.17, 15) is 4.79 Å². The van der Waals surface area contributed by atoms with Crippen LogP contribution in [0, 0.1) is 0 Å². The van der Waals surface area contributed by atoms with Crippen LogP contribution in [0.3, 0.4) is 0 Å².